The number of rotatable bonds is 5. The zero-order valence-electron chi connectivity index (χ0n) is 13.9. The molecule has 2 aromatic rings. The molecule has 132 valence electrons. The summed E-state index contributed by atoms with van der Waals surface area (Å²) in [6, 6.07) is 8.21. The lowest BCUT2D eigenvalue weighted by atomic mass is 9.84. The Morgan fingerprint density at radius 3 is 2.62 bits per heavy atom. The smallest absolute Gasteiger partial charge is 0.191 e. The fraction of sp³-hybridized carbons (Fsp3) is 0.353. The van der Waals surface area contributed by atoms with Crippen LogP contribution in [0.3, 0.4) is 0 Å². The molecular weight excluding hydrogens is 444 g/mol. The van der Waals surface area contributed by atoms with Crippen molar-refractivity contribution in [3.63, 3.8) is 0 Å². The Balaban J connectivity index is 0.00000288. The lowest BCUT2D eigenvalue weighted by molar-refractivity contribution is 0.492. The van der Waals surface area contributed by atoms with Gasteiger partial charge in [0.05, 0.1) is 12.8 Å². The Labute approximate surface area is 163 Å². The van der Waals surface area contributed by atoms with Gasteiger partial charge in [-0.1, -0.05) is 31.5 Å². The molecule has 0 aliphatic heterocycles. The van der Waals surface area contributed by atoms with E-state index in [1.807, 2.05) is 26.0 Å². The zero-order valence-corrected chi connectivity index (χ0v) is 17.0. The van der Waals surface area contributed by atoms with Crippen molar-refractivity contribution in [3.05, 3.63) is 58.8 Å². The Hall–Kier alpha value is -1.28. The van der Waals surface area contributed by atoms with Gasteiger partial charge in [-0.2, -0.15) is 0 Å². The van der Waals surface area contributed by atoms with E-state index in [9.17, 15) is 4.39 Å². The van der Waals surface area contributed by atoms with Gasteiger partial charge in [0.15, 0.2) is 5.96 Å². The second kappa shape index (κ2) is 9.27. The molecule has 2 rings (SSSR count). The molecule has 24 heavy (non-hydrogen) atoms. The van der Waals surface area contributed by atoms with Crippen LogP contribution in [0.15, 0.2) is 46.0 Å². The van der Waals surface area contributed by atoms with Crippen molar-refractivity contribution in [1.29, 1.82) is 0 Å². The van der Waals surface area contributed by atoms with Crippen LogP contribution in [0.5, 0.6) is 0 Å². The minimum Gasteiger partial charge on any atom is -0.467 e. The average molecular weight is 466 g/mol. The van der Waals surface area contributed by atoms with E-state index >= 15 is 0 Å². The quantitative estimate of drug-likeness (QED) is 0.392. The fourth-order valence-corrected chi connectivity index (χ4v) is 2.67. The monoisotopic (exact) mass is 465 g/mol. The summed E-state index contributed by atoms with van der Waals surface area (Å²) in [5.74, 6) is 1.15. The molecule has 1 heterocycles. The molecule has 0 fully saturated rings. The van der Waals surface area contributed by atoms with Crippen LogP contribution in [0.2, 0.25) is 5.02 Å². The maximum absolute atomic E-state index is 13.2. The van der Waals surface area contributed by atoms with Gasteiger partial charge in [0, 0.05) is 24.0 Å². The third-order valence-corrected chi connectivity index (χ3v) is 3.90. The van der Waals surface area contributed by atoms with E-state index in [0.717, 1.165) is 11.3 Å². The van der Waals surface area contributed by atoms with Crippen LogP contribution in [0.1, 0.15) is 25.2 Å². The van der Waals surface area contributed by atoms with Crippen LogP contribution in [-0.2, 0) is 12.0 Å². The predicted octanol–water partition coefficient (Wildman–Crippen LogP) is 4.33. The molecule has 0 aliphatic carbocycles. The van der Waals surface area contributed by atoms with E-state index in [0.29, 0.717) is 24.1 Å². The van der Waals surface area contributed by atoms with Gasteiger partial charge in [0.25, 0.3) is 0 Å². The summed E-state index contributed by atoms with van der Waals surface area (Å²) in [6.07, 6.45) is 1.63. The normalized spacial score (nSPS) is 11.8. The summed E-state index contributed by atoms with van der Waals surface area (Å²) in [4.78, 5) is 4.18. The lowest BCUT2D eigenvalue weighted by Gasteiger charge is -2.27. The fourth-order valence-electron chi connectivity index (χ4n) is 2.24. The molecular formula is C17H22ClFIN3O. The SMILES string of the molecule is CN=C(NCc1ccco1)NCC(C)(C)c1ccc(F)cc1Cl.I. The summed E-state index contributed by atoms with van der Waals surface area (Å²) in [5, 5.41) is 6.86. The topological polar surface area (TPSA) is 49.6 Å². The van der Waals surface area contributed by atoms with Gasteiger partial charge >= 0.3 is 0 Å². The van der Waals surface area contributed by atoms with Crippen LogP contribution in [0.25, 0.3) is 0 Å². The van der Waals surface area contributed by atoms with Crippen molar-refractivity contribution in [2.75, 3.05) is 13.6 Å². The number of hydrogen-bond donors (Lipinski definition) is 2. The maximum atomic E-state index is 13.2. The minimum absolute atomic E-state index is 0. The highest BCUT2D eigenvalue weighted by atomic mass is 127. The Morgan fingerprint density at radius 1 is 1.29 bits per heavy atom. The van der Waals surface area contributed by atoms with E-state index in [2.05, 4.69) is 15.6 Å². The average Bonchev–Trinajstić information content (AvgIpc) is 3.00. The molecule has 0 atom stereocenters. The molecule has 0 radical (unpaired) electrons. The van der Waals surface area contributed by atoms with Crippen molar-refractivity contribution in [2.45, 2.75) is 25.8 Å². The first kappa shape index (κ1) is 20.8. The third-order valence-electron chi connectivity index (χ3n) is 3.59. The number of guanidine groups is 1. The van der Waals surface area contributed by atoms with Crippen LogP contribution in [0.4, 0.5) is 4.39 Å². The highest BCUT2D eigenvalue weighted by molar-refractivity contribution is 14.0. The molecule has 0 saturated heterocycles. The minimum atomic E-state index is -0.335. The van der Waals surface area contributed by atoms with Gasteiger partial charge in [0.1, 0.15) is 11.6 Å². The van der Waals surface area contributed by atoms with Crippen LogP contribution < -0.4 is 10.6 Å². The summed E-state index contributed by atoms with van der Waals surface area (Å²) >= 11 is 6.17. The number of benzene rings is 1. The largest absolute Gasteiger partial charge is 0.467 e. The highest BCUT2D eigenvalue weighted by Crippen LogP contribution is 2.29. The zero-order chi connectivity index (χ0) is 16.9. The third kappa shape index (κ3) is 5.66. The molecule has 0 amide bonds. The second-order valence-corrected chi connectivity index (χ2v) is 6.27. The maximum Gasteiger partial charge on any atom is 0.191 e. The van der Waals surface area contributed by atoms with Crippen molar-refractivity contribution < 1.29 is 8.81 Å². The van der Waals surface area contributed by atoms with Gasteiger partial charge in [-0.05, 0) is 29.8 Å². The van der Waals surface area contributed by atoms with Crippen LogP contribution >= 0.6 is 35.6 Å². The molecule has 4 nitrogen and oxygen atoms in total. The van der Waals surface area contributed by atoms with Crippen LogP contribution in [0, 0.1) is 5.82 Å². The first-order valence-electron chi connectivity index (χ1n) is 7.35. The molecule has 0 unspecified atom stereocenters. The molecule has 0 aliphatic rings. The molecule has 1 aromatic heterocycles. The number of aliphatic imine (C=N–C) groups is 1. The van der Waals surface area contributed by atoms with Gasteiger partial charge in [-0.25, -0.2) is 4.39 Å². The van der Waals surface area contributed by atoms with E-state index in [-0.39, 0.29) is 35.2 Å². The van der Waals surface area contributed by atoms with E-state index in [4.69, 9.17) is 16.0 Å². The standard InChI is InChI=1S/C17H21ClFN3O.HI/c1-17(2,14-7-6-12(19)9-15(14)18)11-22-16(20-3)21-10-13-5-4-8-23-13;/h4-9H,10-11H2,1-3H3,(H2,20,21,22);1H. The summed E-state index contributed by atoms with van der Waals surface area (Å²) in [7, 11) is 1.70. The van der Waals surface area contributed by atoms with Gasteiger partial charge < -0.3 is 15.1 Å². The van der Waals surface area contributed by atoms with E-state index in [1.54, 1.807) is 19.4 Å². The summed E-state index contributed by atoms with van der Waals surface area (Å²) < 4.78 is 18.5. The first-order chi connectivity index (χ1) is 10.9. The number of halogens is 3. The molecule has 7 heteroatoms. The second-order valence-electron chi connectivity index (χ2n) is 5.87. The van der Waals surface area contributed by atoms with Crippen molar-refractivity contribution in [3.8, 4) is 0 Å². The molecule has 0 bridgehead atoms. The Morgan fingerprint density at radius 2 is 2.04 bits per heavy atom. The molecule has 1 aromatic carbocycles. The Bertz CT molecular complexity index is 674. The van der Waals surface area contributed by atoms with E-state index in [1.165, 1.54) is 12.1 Å². The van der Waals surface area contributed by atoms with Gasteiger partial charge in [-0.15, -0.1) is 24.0 Å². The van der Waals surface area contributed by atoms with Crippen molar-refractivity contribution >= 4 is 41.5 Å². The lowest BCUT2D eigenvalue weighted by Crippen LogP contribution is -2.43. The number of hydrogen-bond acceptors (Lipinski definition) is 2. The van der Waals surface area contributed by atoms with E-state index < -0.39 is 0 Å². The number of nitrogens with zero attached hydrogens (tertiary/aromatic N) is 1. The number of nitrogens with one attached hydrogen (secondary N) is 2. The van der Waals surface area contributed by atoms with Crippen molar-refractivity contribution in [1.82, 2.24) is 10.6 Å². The Kier molecular flexibility index (Phi) is 8.02. The summed E-state index contributed by atoms with van der Waals surface area (Å²) in [5.41, 5.74) is 0.599. The molecule has 2 N–H and O–H groups in total. The molecule has 0 spiro atoms. The molecule has 0 saturated carbocycles. The van der Waals surface area contributed by atoms with Crippen molar-refractivity contribution in [2.24, 2.45) is 4.99 Å². The van der Waals surface area contributed by atoms with Gasteiger partial charge in [0.2, 0.25) is 0 Å². The highest BCUT2D eigenvalue weighted by Gasteiger charge is 2.24. The predicted molar refractivity (Wildman–Crippen MR) is 107 cm³/mol. The summed E-state index contributed by atoms with van der Waals surface area (Å²) in [6.45, 7) is 5.22. The van der Waals surface area contributed by atoms with Gasteiger partial charge in [-0.3, -0.25) is 4.99 Å². The first-order valence-corrected chi connectivity index (χ1v) is 7.72. The number of furan rings is 1. The van der Waals surface area contributed by atoms with Crippen LogP contribution in [-0.4, -0.2) is 19.6 Å².